The van der Waals surface area contributed by atoms with Crippen molar-refractivity contribution in [2.75, 3.05) is 0 Å². The molecule has 11 heavy (non-hydrogen) atoms. The molecule has 1 atom stereocenters. The van der Waals surface area contributed by atoms with Gasteiger partial charge in [0, 0.05) is 0 Å². The molecule has 1 heteroatoms. The van der Waals surface area contributed by atoms with Crippen LogP contribution in [0.1, 0.15) is 46.0 Å². The average molecular weight is 156 g/mol. The molecule has 0 aliphatic carbocycles. The fourth-order valence-corrected chi connectivity index (χ4v) is 1.13. The first-order chi connectivity index (χ1) is 5.16. The summed E-state index contributed by atoms with van der Waals surface area (Å²) in [5.41, 5.74) is 1.08. The maximum absolute atomic E-state index is 9.39. The minimum atomic E-state index is -0.154. The van der Waals surface area contributed by atoms with E-state index < -0.39 is 0 Å². The Bertz CT molecular complexity index is 107. The third-order valence-corrected chi connectivity index (χ3v) is 1.72. The van der Waals surface area contributed by atoms with Crippen molar-refractivity contribution in [1.29, 1.82) is 0 Å². The first kappa shape index (κ1) is 10.7. The van der Waals surface area contributed by atoms with E-state index in [0.29, 0.717) is 0 Å². The van der Waals surface area contributed by atoms with Crippen LogP contribution in [0.5, 0.6) is 0 Å². The van der Waals surface area contributed by atoms with Crippen molar-refractivity contribution in [3.63, 3.8) is 0 Å². The van der Waals surface area contributed by atoms with E-state index in [1.807, 2.05) is 6.92 Å². The lowest BCUT2D eigenvalue weighted by molar-refractivity contribution is 0.161. The molecule has 0 heterocycles. The van der Waals surface area contributed by atoms with E-state index in [1.165, 1.54) is 12.8 Å². The van der Waals surface area contributed by atoms with Crippen molar-refractivity contribution in [3.8, 4) is 0 Å². The summed E-state index contributed by atoms with van der Waals surface area (Å²) in [6, 6.07) is 0. The molecule has 0 amide bonds. The third-order valence-electron chi connectivity index (χ3n) is 1.72. The first-order valence-corrected chi connectivity index (χ1v) is 4.49. The quantitative estimate of drug-likeness (QED) is 0.463. The molecule has 0 bridgehead atoms. The van der Waals surface area contributed by atoms with Crippen molar-refractivity contribution in [1.82, 2.24) is 0 Å². The fourth-order valence-electron chi connectivity index (χ4n) is 1.13. The molecule has 0 fully saturated rings. The summed E-state index contributed by atoms with van der Waals surface area (Å²) in [6.07, 6.45) is 5.14. The van der Waals surface area contributed by atoms with Gasteiger partial charge in [-0.05, 0) is 19.8 Å². The zero-order valence-electron chi connectivity index (χ0n) is 7.77. The summed E-state index contributed by atoms with van der Waals surface area (Å²) in [6.45, 7) is 7.90. The van der Waals surface area contributed by atoms with Crippen molar-refractivity contribution in [3.05, 3.63) is 12.2 Å². The number of aliphatic hydroxyl groups excluding tert-OH is 1. The van der Waals surface area contributed by atoms with Crippen LogP contribution in [-0.4, -0.2) is 11.2 Å². The molecule has 1 nitrogen and oxygen atoms in total. The van der Waals surface area contributed by atoms with Gasteiger partial charge in [0.05, 0.1) is 6.10 Å². The van der Waals surface area contributed by atoms with E-state index in [1.54, 1.807) is 0 Å². The van der Waals surface area contributed by atoms with Crippen LogP contribution in [0.3, 0.4) is 0 Å². The Labute approximate surface area is 70.1 Å². The number of rotatable bonds is 6. The van der Waals surface area contributed by atoms with E-state index in [4.69, 9.17) is 0 Å². The zero-order valence-corrected chi connectivity index (χ0v) is 7.77. The van der Waals surface area contributed by atoms with E-state index >= 15 is 0 Å². The molecule has 0 aromatic heterocycles. The summed E-state index contributed by atoms with van der Waals surface area (Å²) in [5, 5.41) is 9.39. The molecule has 0 aliphatic rings. The predicted octanol–water partition coefficient (Wildman–Crippen LogP) is 2.89. The number of aliphatic hydroxyl groups is 1. The fraction of sp³-hybridized carbons (Fsp3) is 0.800. The molecule has 0 aromatic rings. The monoisotopic (exact) mass is 156 g/mol. The smallest absolute Gasteiger partial charge is 0.0577 e. The Morgan fingerprint density at radius 2 is 2.09 bits per heavy atom. The molecule has 1 N–H and O–H groups in total. The minimum Gasteiger partial charge on any atom is -0.393 e. The molecule has 0 saturated carbocycles. The van der Waals surface area contributed by atoms with Crippen LogP contribution in [0.15, 0.2) is 12.2 Å². The van der Waals surface area contributed by atoms with Crippen LogP contribution in [0.2, 0.25) is 0 Å². The molecule has 0 aliphatic heterocycles. The van der Waals surface area contributed by atoms with Gasteiger partial charge in [-0.2, -0.15) is 0 Å². The topological polar surface area (TPSA) is 20.2 Å². The maximum atomic E-state index is 9.39. The largest absolute Gasteiger partial charge is 0.393 e. The van der Waals surface area contributed by atoms with Crippen LogP contribution < -0.4 is 0 Å². The Hall–Kier alpha value is -0.300. The second-order valence-corrected chi connectivity index (χ2v) is 3.31. The van der Waals surface area contributed by atoms with Gasteiger partial charge < -0.3 is 5.11 Å². The Balaban J connectivity index is 3.22. The normalized spacial score (nSPS) is 13.0. The SMILES string of the molecule is C=C(C)CC(O)CCCCC. The standard InChI is InChI=1S/C10H20O/c1-4-5-6-7-10(11)8-9(2)3/h10-11H,2,4-8H2,1,3H3. The van der Waals surface area contributed by atoms with Crippen molar-refractivity contribution in [2.24, 2.45) is 0 Å². The molecule has 1 unspecified atom stereocenters. The Morgan fingerprint density at radius 3 is 2.55 bits per heavy atom. The van der Waals surface area contributed by atoms with Crippen LogP contribution >= 0.6 is 0 Å². The summed E-state index contributed by atoms with van der Waals surface area (Å²) < 4.78 is 0. The molecule has 0 spiro atoms. The second kappa shape index (κ2) is 6.41. The molecule has 66 valence electrons. The van der Waals surface area contributed by atoms with Gasteiger partial charge in [0.15, 0.2) is 0 Å². The molecular weight excluding hydrogens is 136 g/mol. The van der Waals surface area contributed by atoms with Gasteiger partial charge in [-0.25, -0.2) is 0 Å². The Morgan fingerprint density at radius 1 is 1.45 bits per heavy atom. The molecular formula is C10H20O. The Kier molecular flexibility index (Phi) is 6.24. The molecule has 0 saturated heterocycles. The lowest BCUT2D eigenvalue weighted by Gasteiger charge is -2.08. The van der Waals surface area contributed by atoms with E-state index in [2.05, 4.69) is 13.5 Å². The predicted molar refractivity (Wildman–Crippen MR) is 49.6 cm³/mol. The van der Waals surface area contributed by atoms with E-state index in [9.17, 15) is 5.11 Å². The summed E-state index contributed by atoms with van der Waals surface area (Å²) >= 11 is 0. The second-order valence-electron chi connectivity index (χ2n) is 3.31. The van der Waals surface area contributed by atoms with Gasteiger partial charge in [0.25, 0.3) is 0 Å². The molecule has 0 radical (unpaired) electrons. The van der Waals surface area contributed by atoms with Crippen LogP contribution in [-0.2, 0) is 0 Å². The van der Waals surface area contributed by atoms with Crippen LogP contribution in [0.25, 0.3) is 0 Å². The highest BCUT2D eigenvalue weighted by molar-refractivity contribution is 4.90. The van der Waals surface area contributed by atoms with Crippen molar-refractivity contribution >= 4 is 0 Å². The van der Waals surface area contributed by atoms with Gasteiger partial charge in [0.2, 0.25) is 0 Å². The number of hydrogen-bond acceptors (Lipinski definition) is 1. The number of hydrogen-bond donors (Lipinski definition) is 1. The van der Waals surface area contributed by atoms with Gasteiger partial charge in [-0.3, -0.25) is 0 Å². The highest BCUT2D eigenvalue weighted by Gasteiger charge is 2.02. The lowest BCUT2D eigenvalue weighted by Crippen LogP contribution is -2.05. The van der Waals surface area contributed by atoms with Gasteiger partial charge in [0.1, 0.15) is 0 Å². The van der Waals surface area contributed by atoms with Gasteiger partial charge in [-0.1, -0.05) is 31.8 Å². The van der Waals surface area contributed by atoms with Crippen molar-refractivity contribution < 1.29 is 5.11 Å². The van der Waals surface area contributed by atoms with E-state index in [0.717, 1.165) is 24.8 Å². The summed E-state index contributed by atoms with van der Waals surface area (Å²) in [5.74, 6) is 0. The number of unbranched alkanes of at least 4 members (excludes halogenated alkanes) is 2. The molecule has 0 aromatic carbocycles. The van der Waals surface area contributed by atoms with Gasteiger partial charge >= 0.3 is 0 Å². The summed E-state index contributed by atoms with van der Waals surface area (Å²) in [7, 11) is 0. The van der Waals surface area contributed by atoms with Crippen LogP contribution in [0, 0.1) is 0 Å². The third kappa shape index (κ3) is 7.60. The van der Waals surface area contributed by atoms with Gasteiger partial charge in [-0.15, -0.1) is 6.58 Å². The zero-order chi connectivity index (χ0) is 8.69. The highest BCUT2D eigenvalue weighted by Crippen LogP contribution is 2.09. The molecule has 0 rings (SSSR count). The highest BCUT2D eigenvalue weighted by atomic mass is 16.3. The lowest BCUT2D eigenvalue weighted by atomic mass is 10.1. The first-order valence-electron chi connectivity index (χ1n) is 4.49. The maximum Gasteiger partial charge on any atom is 0.0577 e. The average Bonchev–Trinajstić information content (AvgIpc) is 1.86. The van der Waals surface area contributed by atoms with E-state index in [-0.39, 0.29) is 6.10 Å². The minimum absolute atomic E-state index is 0.154. The van der Waals surface area contributed by atoms with Crippen molar-refractivity contribution in [2.45, 2.75) is 52.1 Å². The summed E-state index contributed by atoms with van der Waals surface area (Å²) in [4.78, 5) is 0. The van der Waals surface area contributed by atoms with Crippen LogP contribution in [0.4, 0.5) is 0 Å².